The summed E-state index contributed by atoms with van der Waals surface area (Å²) in [5.41, 5.74) is 0.696. The summed E-state index contributed by atoms with van der Waals surface area (Å²) in [5, 5.41) is 4.69. The average Bonchev–Trinajstić information content (AvgIpc) is 3.11. The van der Waals surface area contributed by atoms with Crippen molar-refractivity contribution in [3.63, 3.8) is 0 Å². The smallest absolute Gasteiger partial charge is 0.265 e. The zero-order valence-corrected chi connectivity index (χ0v) is 20.8. The molecule has 0 radical (unpaired) electrons. The summed E-state index contributed by atoms with van der Waals surface area (Å²) in [6, 6.07) is 16.6. The van der Waals surface area contributed by atoms with Crippen molar-refractivity contribution >= 4 is 83.5 Å². The standard InChI is InChI=1S/C22H15Cl3N2O4S2/c1-33(29,30)27-19-6-12-7-21(32-20(12)11-18(19)25)22(28)26-15-8-14(24)9-17(10-15)31-16-4-2-13(23)3-5-16/h2-11,27H,1H3,(H,26,28). The van der Waals surface area contributed by atoms with Gasteiger partial charge in [0.1, 0.15) is 11.5 Å². The number of anilines is 2. The Bertz CT molecular complexity index is 1470. The number of nitrogens with one attached hydrogen (secondary N) is 2. The molecule has 11 heteroatoms. The first-order chi connectivity index (χ1) is 15.6. The molecule has 1 amide bonds. The van der Waals surface area contributed by atoms with Crippen molar-refractivity contribution in [2.24, 2.45) is 0 Å². The first-order valence-electron chi connectivity index (χ1n) is 9.32. The molecule has 0 aliphatic heterocycles. The number of ether oxygens (including phenoxy) is 1. The topological polar surface area (TPSA) is 84.5 Å². The number of rotatable bonds is 6. The molecule has 0 aliphatic carbocycles. The molecule has 6 nitrogen and oxygen atoms in total. The molecule has 4 rings (SSSR count). The lowest BCUT2D eigenvalue weighted by atomic mass is 10.2. The highest BCUT2D eigenvalue weighted by Crippen LogP contribution is 2.35. The predicted octanol–water partition coefficient (Wildman–Crippen LogP) is 7.28. The molecule has 0 unspecified atom stereocenters. The van der Waals surface area contributed by atoms with Gasteiger partial charge >= 0.3 is 0 Å². The molecule has 4 aromatic rings. The fourth-order valence-corrected chi connectivity index (χ4v) is 5.21. The van der Waals surface area contributed by atoms with E-state index in [1.165, 1.54) is 11.3 Å². The SMILES string of the molecule is CS(=O)(=O)Nc1cc2cc(C(=O)Nc3cc(Cl)cc(Oc4ccc(Cl)cc4)c3)sc2cc1Cl. The zero-order chi connectivity index (χ0) is 23.8. The molecule has 1 heterocycles. The van der Waals surface area contributed by atoms with E-state index in [0.29, 0.717) is 37.5 Å². The highest BCUT2D eigenvalue weighted by molar-refractivity contribution is 7.92. The Morgan fingerprint density at radius 3 is 2.33 bits per heavy atom. The highest BCUT2D eigenvalue weighted by atomic mass is 35.5. The van der Waals surface area contributed by atoms with Crippen LogP contribution in [-0.4, -0.2) is 20.6 Å². The fraction of sp³-hybridized carbons (Fsp3) is 0.0455. The van der Waals surface area contributed by atoms with Crippen molar-refractivity contribution in [1.82, 2.24) is 0 Å². The Hall–Kier alpha value is -2.49. The Morgan fingerprint density at radius 2 is 1.64 bits per heavy atom. The van der Waals surface area contributed by atoms with Gasteiger partial charge in [-0.2, -0.15) is 0 Å². The van der Waals surface area contributed by atoms with Crippen molar-refractivity contribution in [3.05, 3.63) is 80.6 Å². The van der Waals surface area contributed by atoms with Gasteiger partial charge in [0.05, 0.1) is 21.8 Å². The van der Waals surface area contributed by atoms with Crippen molar-refractivity contribution in [2.75, 3.05) is 16.3 Å². The maximum Gasteiger partial charge on any atom is 0.265 e. The molecule has 0 saturated heterocycles. The molecule has 0 spiro atoms. The van der Waals surface area contributed by atoms with Crippen LogP contribution < -0.4 is 14.8 Å². The van der Waals surface area contributed by atoms with E-state index in [-0.39, 0.29) is 16.6 Å². The third kappa shape index (κ3) is 6.10. The van der Waals surface area contributed by atoms with E-state index in [1.807, 2.05) is 0 Å². The van der Waals surface area contributed by atoms with E-state index in [1.54, 1.807) is 60.7 Å². The average molecular weight is 542 g/mol. The van der Waals surface area contributed by atoms with Crippen LogP contribution in [0, 0.1) is 0 Å². The van der Waals surface area contributed by atoms with Crippen LogP contribution in [0.4, 0.5) is 11.4 Å². The third-order valence-electron chi connectivity index (χ3n) is 4.30. The van der Waals surface area contributed by atoms with Gasteiger partial charge in [0, 0.05) is 26.5 Å². The number of thiophene rings is 1. The maximum absolute atomic E-state index is 12.9. The summed E-state index contributed by atoms with van der Waals surface area (Å²) in [5.74, 6) is 0.656. The minimum Gasteiger partial charge on any atom is -0.457 e. The number of benzene rings is 3. The molecule has 1 aromatic heterocycles. The number of carbonyl (C=O) groups excluding carboxylic acids is 1. The number of hydrogen-bond donors (Lipinski definition) is 2. The fourth-order valence-electron chi connectivity index (χ4n) is 2.98. The third-order valence-corrected chi connectivity index (χ3v) is 6.77. The van der Waals surface area contributed by atoms with Gasteiger partial charge in [-0.1, -0.05) is 34.8 Å². The lowest BCUT2D eigenvalue weighted by Crippen LogP contribution is -2.10. The van der Waals surface area contributed by atoms with Crippen molar-refractivity contribution in [1.29, 1.82) is 0 Å². The molecule has 170 valence electrons. The summed E-state index contributed by atoms with van der Waals surface area (Å²) in [6.45, 7) is 0. The van der Waals surface area contributed by atoms with E-state index < -0.39 is 10.0 Å². The Kier molecular flexibility index (Phi) is 6.74. The van der Waals surface area contributed by atoms with Gasteiger partial charge in [-0.15, -0.1) is 11.3 Å². The van der Waals surface area contributed by atoms with Gasteiger partial charge < -0.3 is 10.1 Å². The van der Waals surface area contributed by atoms with Crippen LogP contribution in [0.2, 0.25) is 15.1 Å². The summed E-state index contributed by atoms with van der Waals surface area (Å²) in [4.78, 5) is 13.3. The lowest BCUT2D eigenvalue weighted by molar-refractivity contribution is 0.103. The van der Waals surface area contributed by atoms with E-state index in [2.05, 4.69) is 10.0 Å². The molecule has 0 saturated carbocycles. The largest absolute Gasteiger partial charge is 0.457 e. The highest BCUT2D eigenvalue weighted by Gasteiger charge is 2.15. The normalized spacial score (nSPS) is 11.4. The summed E-state index contributed by atoms with van der Waals surface area (Å²) >= 11 is 19.5. The number of amides is 1. The van der Waals surface area contributed by atoms with Gasteiger partial charge in [-0.05, 0) is 60.0 Å². The maximum atomic E-state index is 12.9. The second-order valence-electron chi connectivity index (χ2n) is 7.04. The van der Waals surface area contributed by atoms with Crippen LogP contribution in [0.1, 0.15) is 9.67 Å². The molecular formula is C22H15Cl3N2O4S2. The summed E-state index contributed by atoms with van der Waals surface area (Å²) < 4.78 is 32.0. The second-order valence-corrected chi connectivity index (χ2v) is 11.2. The minimum absolute atomic E-state index is 0.237. The number of carbonyl (C=O) groups is 1. The van der Waals surface area contributed by atoms with Gasteiger partial charge in [0.2, 0.25) is 10.0 Å². The Labute approximate surface area is 209 Å². The minimum atomic E-state index is -3.49. The Balaban J connectivity index is 1.56. The lowest BCUT2D eigenvalue weighted by Gasteiger charge is -2.10. The first kappa shape index (κ1) is 23.7. The Morgan fingerprint density at radius 1 is 0.909 bits per heavy atom. The molecular weight excluding hydrogens is 527 g/mol. The first-order valence-corrected chi connectivity index (χ1v) is 13.2. The van der Waals surface area contributed by atoms with E-state index in [4.69, 9.17) is 39.5 Å². The molecule has 0 aliphatic rings. The monoisotopic (exact) mass is 540 g/mol. The van der Waals surface area contributed by atoms with Crippen LogP contribution in [-0.2, 0) is 10.0 Å². The van der Waals surface area contributed by atoms with Crippen molar-refractivity contribution in [3.8, 4) is 11.5 Å². The van der Waals surface area contributed by atoms with Gasteiger partial charge in [-0.3, -0.25) is 9.52 Å². The zero-order valence-electron chi connectivity index (χ0n) is 16.9. The molecule has 0 bridgehead atoms. The van der Waals surface area contributed by atoms with E-state index >= 15 is 0 Å². The summed E-state index contributed by atoms with van der Waals surface area (Å²) in [7, 11) is -3.49. The second kappa shape index (κ2) is 9.40. The van der Waals surface area contributed by atoms with Crippen molar-refractivity contribution < 1.29 is 17.9 Å². The van der Waals surface area contributed by atoms with Crippen LogP contribution in [0.5, 0.6) is 11.5 Å². The molecule has 0 atom stereocenters. The van der Waals surface area contributed by atoms with Crippen LogP contribution in [0.3, 0.4) is 0 Å². The number of fused-ring (bicyclic) bond motifs is 1. The molecule has 3 aromatic carbocycles. The van der Waals surface area contributed by atoms with Crippen LogP contribution in [0.15, 0.2) is 60.7 Å². The van der Waals surface area contributed by atoms with Gasteiger partial charge in [0.25, 0.3) is 5.91 Å². The quantitative estimate of drug-likeness (QED) is 0.269. The van der Waals surface area contributed by atoms with Gasteiger partial charge in [-0.25, -0.2) is 8.42 Å². The van der Waals surface area contributed by atoms with Crippen molar-refractivity contribution in [2.45, 2.75) is 0 Å². The van der Waals surface area contributed by atoms with E-state index in [0.717, 1.165) is 11.0 Å². The van der Waals surface area contributed by atoms with E-state index in [9.17, 15) is 13.2 Å². The molecule has 0 fully saturated rings. The van der Waals surface area contributed by atoms with Crippen LogP contribution in [0.25, 0.3) is 10.1 Å². The van der Waals surface area contributed by atoms with Crippen LogP contribution >= 0.6 is 46.1 Å². The number of halogens is 3. The predicted molar refractivity (Wildman–Crippen MR) is 136 cm³/mol. The summed E-state index contributed by atoms with van der Waals surface area (Å²) in [6.07, 6.45) is 1.04. The van der Waals surface area contributed by atoms with Gasteiger partial charge in [0.15, 0.2) is 0 Å². The number of hydrogen-bond acceptors (Lipinski definition) is 5. The molecule has 2 N–H and O–H groups in total. The molecule has 33 heavy (non-hydrogen) atoms. The number of sulfonamides is 1.